The van der Waals surface area contributed by atoms with E-state index in [1.807, 2.05) is 24.3 Å². The molecule has 0 radical (unpaired) electrons. The number of anilines is 1. The van der Waals surface area contributed by atoms with E-state index in [2.05, 4.69) is 5.32 Å². The maximum atomic E-state index is 12.2. The monoisotopic (exact) mass is 335 g/mol. The van der Waals surface area contributed by atoms with Crippen molar-refractivity contribution in [2.75, 3.05) is 26.6 Å². The Balaban J connectivity index is 2.12. The summed E-state index contributed by atoms with van der Waals surface area (Å²) in [6, 6.07) is 10.6. The molecule has 1 amide bonds. The predicted molar refractivity (Wildman–Crippen MR) is 89.9 cm³/mol. The Hall–Kier alpha value is -2.40. The zero-order valence-corrected chi connectivity index (χ0v) is 13.9. The number of methoxy groups -OCH3 is 3. The van der Waals surface area contributed by atoms with Gasteiger partial charge in [0.15, 0.2) is 0 Å². The van der Waals surface area contributed by atoms with Crippen LogP contribution in [-0.2, 0) is 11.2 Å². The van der Waals surface area contributed by atoms with Crippen LogP contribution in [0.2, 0.25) is 5.02 Å². The number of hydrogen-bond donors (Lipinski definition) is 1. The summed E-state index contributed by atoms with van der Waals surface area (Å²) in [4.78, 5) is 12.2. The van der Waals surface area contributed by atoms with Gasteiger partial charge in [0.2, 0.25) is 5.91 Å². The van der Waals surface area contributed by atoms with Crippen LogP contribution in [-0.4, -0.2) is 27.2 Å². The summed E-state index contributed by atoms with van der Waals surface area (Å²) in [5.74, 6) is 1.52. The minimum atomic E-state index is -0.169. The average Bonchev–Trinajstić information content (AvgIpc) is 2.56. The van der Waals surface area contributed by atoms with Crippen LogP contribution in [0, 0.1) is 0 Å². The van der Waals surface area contributed by atoms with E-state index in [0.29, 0.717) is 22.2 Å². The van der Waals surface area contributed by atoms with Crippen molar-refractivity contribution in [2.45, 2.75) is 6.42 Å². The number of rotatable bonds is 6. The number of ether oxygens (including phenoxy) is 3. The highest BCUT2D eigenvalue weighted by Crippen LogP contribution is 2.35. The van der Waals surface area contributed by atoms with Crippen molar-refractivity contribution in [3.05, 3.63) is 47.0 Å². The third-order valence-electron chi connectivity index (χ3n) is 3.27. The summed E-state index contributed by atoms with van der Waals surface area (Å²) >= 11 is 6.05. The molecule has 0 aliphatic heterocycles. The van der Waals surface area contributed by atoms with Crippen LogP contribution in [0.5, 0.6) is 17.2 Å². The van der Waals surface area contributed by atoms with Gasteiger partial charge in [0, 0.05) is 12.1 Å². The summed E-state index contributed by atoms with van der Waals surface area (Å²) in [5, 5.41) is 3.22. The second-order valence-electron chi connectivity index (χ2n) is 4.76. The first-order chi connectivity index (χ1) is 11.1. The van der Waals surface area contributed by atoms with Crippen molar-refractivity contribution < 1.29 is 19.0 Å². The van der Waals surface area contributed by atoms with Crippen molar-refractivity contribution in [1.82, 2.24) is 0 Å². The first-order valence-electron chi connectivity index (χ1n) is 6.91. The molecule has 0 bridgehead atoms. The minimum absolute atomic E-state index is 0.169. The van der Waals surface area contributed by atoms with Gasteiger partial charge in [-0.25, -0.2) is 0 Å². The molecule has 5 nitrogen and oxygen atoms in total. The van der Waals surface area contributed by atoms with Crippen LogP contribution in [0.15, 0.2) is 36.4 Å². The smallest absolute Gasteiger partial charge is 0.228 e. The maximum Gasteiger partial charge on any atom is 0.228 e. The molecule has 0 fully saturated rings. The van der Waals surface area contributed by atoms with Crippen LogP contribution in [0.4, 0.5) is 5.69 Å². The number of carbonyl (C=O) groups is 1. The van der Waals surface area contributed by atoms with Crippen molar-refractivity contribution in [1.29, 1.82) is 0 Å². The van der Waals surface area contributed by atoms with Gasteiger partial charge in [-0.1, -0.05) is 23.7 Å². The van der Waals surface area contributed by atoms with Gasteiger partial charge < -0.3 is 19.5 Å². The summed E-state index contributed by atoms with van der Waals surface area (Å²) in [7, 11) is 4.62. The average molecular weight is 336 g/mol. The Morgan fingerprint density at radius 2 is 1.65 bits per heavy atom. The highest BCUT2D eigenvalue weighted by atomic mass is 35.5. The summed E-state index contributed by atoms with van der Waals surface area (Å²) in [6.45, 7) is 0. The first kappa shape index (κ1) is 17.0. The Morgan fingerprint density at radius 3 is 2.22 bits per heavy atom. The molecule has 0 unspecified atom stereocenters. The standard InChI is InChI=1S/C17H18ClNO4/c1-21-12-6-4-11(5-7-12)8-17(20)19-14-10-15(22-2)13(18)9-16(14)23-3/h4-7,9-10H,8H2,1-3H3,(H,19,20). The molecule has 0 saturated heterocycles. The van der Waals surface area contributed by atoms with E-state index in [9.17, 15) is 4.79 Å². The molecular formula is C17H18ClNO4. The molecule has 0 aliphatic carbocycles. The lowest BCUT2D eigenvalue weighted by atomic mass is 10.1. The highest BCUT2D eigenvalue weighted by Gasteiger charge is 2.13. The van der Waals surface area contributed by atoms with E-state index in [1.54, 1.807) is 19.2 Å². The van der Waals surface area contributed by atoms with Gasteiger partial charge in [-0.3, -0.25) is 4.79 Å². The topological polar surface area (TPSA) is 56.8 Å². The second kappa shape index (κ2) is 7.74. The van der Waals surface area contributed by atoms with Gasteiger partial charge >= 0.3 is 0 Å². The Labute approximate surface area is 140 Å². The first-order valence-corrected chi connectivity index (χ1v) is 7.29. The molecule has 23 heavy (non-hydrogen) atoms. The lowest BCUT2D eigenvalue weighted by molar-refractivity contribution is -0.115. The Morgan fingerprint density at radius 1 is 1.00 bits per heavy atom. The number of benzene rings is 2. The largest absolute Gasteiger partial charge is 0.497 e. The van der Waals surface area contributed by atoms with Gasteiger partial charge in [0.05, 0.1) is 38.5 Å². The second-order valence-corrected chi connectivity index (χ2v) is 5.17. The van der Waals surface area contributed by atoms with E-state index in [1.165, 1.54) is 14.2 Å². The molecule has 2 aromatic carbocycles. The summed E-state index contributed by atoms with van der Waals surface area (Å²) in [6.07, 6.45) is 0.234. The van der Waals surface area contributed by atoms with Gasteiger partial charge in [-0.2, -0.15) is 0 Å². The molecule has 122 valence electrons. The fourth-order valence-electron chi connectivity index (χ4n) is 2.08. The van der Waals surface area contributed by atoms with Crippen LogP contribution in [0.25, 0.3) is 0 Å². The van der Waals surface area contributed by atoms with Crippen LogP contribution in [0.1, 0.15) is 5.56 Å². The minimum Gasteiger partial charge on any atom is -0.497 e. The van der Waals surface area contributed by atoms with E-state index in [4.69, 9.17) is 25.8 Å². The molecule has 0 aromatic heterocycles. The van der Waals surface area contributed by atoms with Gasteiger partial charge in [-0.05, 0) is 17.7 Å². The molecule has 2 aromatic rings. The number of nitrogens with one attached hydrogen (secondary N) is 1. The fourth-order valence-corrected chi connectivity index (χ4v) is 2.31. The fraction of sp³-hybridized carbons (Fsp3) is 0.235. The van der Waals surface area contributed by atoms with E-state index in [0.717, 1.165) is 11.3 Å². The highest BCUT2D eigenvalue weighted by molar-refractivity contribution is 6.32. The molecule has 0 spiro atoms. The summed E-state index contributed by atoms with van der Waals surface area (Å²) < 4.78 is 15.5. The van der Waals surface area contributed by atoms with E-state index < -0.39 is 0 Å². The molecule has 0 atom stereocenters. The van der Waals surface area contributed by atoms with Gasteiger partial charge in [0.25, 0.3) is 0 Å². The molecule has 0 heterocycles. The molecular weight excluding hydrogens is 318 g/mol. The molecule has 2 rings (SSSR count). The zero-order chi connectivity index (χ0) is 16.8. The normalized spacial score (nSPS) is 10.1. The van der Waals surface area contributed by atoms with Crippen LogP contribution < -0.4 is 19.5 Å². The van der Waals surface area contributed by atoms with Crippen molar-refractivity contribution in [2.24, 2.45) is 0 Å². The number of halogens is 1. The third-order valence-corrected chi connectivity index (χ3v) is 3.57. The zero-order valence-electron chi connectivity index (χ0n) is 13.2. The number of carbonyl (C=O) groups excluding carboxylic acids is 1. The maximum absolute atomic E-state index is 12.2. The van der Waals surface area contributed by atoms with Gasteiger partial charge in [-0.15, -0.1) is 0 Å². The lowest BCUT2D eigenvalue weighted by Crippen LogP contribution is -2.15. The SMILES string of the molecule is COc1ccc(CC(=O)Nc2cc(OC)c(Cl)cc2OC)cc1. The quantitative estimate of drug-likeness (QED) is 0.877. The Kier molecular flexibility index (Phi) is 5.71. The van der Waals surface area contributed by atoms with Crippen molar-refractivity contribution in [3.8, 4) is 17.2 Å². The van der Waals surface area contributed by atoms with Crippen molar-refractivity contribution in [3.63, 3.8) is 0 Å². The van der Waals surface area contributed by atoms with Gasteiger partial charge in [0.1, 0.15) is 17.2 Å². The predicted octanol–water partition coefficient (Wildman–Crippen LogP) is 3.55. The van der Waals surface area contributed by atoms with E-state index in [-0.39, 0.29) is 12.3 Å². The Bertz CT molecular complexity index is 686. The lowest BCUT2D eigenvalue weighted by Gasteiger charge is -2.13. The molecule has 0 aliphatic rings. The number of amides is 1. The third kappa shape index (κ3) is 4.29. The van der Waals surface area contributed by atoms with Crippen LogP contribution >= 0.6 is 11.6 Å². The molecule has 1 N–H and O–H groups in total. The van der Waals surface area contributed by atoms with Crippen LogP contribution in [0.3, 0.4) is 0 Å². The number of hydrogen-bond acceptors (Lipinski definition) is 4. The molecule has 0 saturated carbocycles. The molecule has 6 heteroatoms. The summed E-state index contributed by atoms with van der Waals surface area (Å²) in [5.41, 5.74) is 1.38. The van der Waals surface area contributed by atoms with Crippen molar-refractivity contribution >= 4 is 23.2 Å². The van der Waals surface area contributed by atoms with E-state index >= 15 is 0 Å².